The molecule has 25 heavy (non-hydrogen) atoms. The summed E-state index contributed by atoms with van der Waals surface area (Å²) < 4.78 is 5.10. The van der Waals surface area contributed by atoms with Gasteiger partial charge in [-0.25, -0.2) is 4.79 Å². The number of hydrogen-bond acceptors (Lipinski definition) is 5. The first-order chi connectivity index (χ1) is 11.8. The highest BCUT2D eigenvalue weighted by Gasteiger charge is 2.54. The maximum atomic E-state index is 12.4. The average Bonchev–Trinajstić information content (AvgIpc) is 3.05. The maximum Gasteiger partial charge on any atom is 0.325 e. The SMILES string of the molecule is Cc1cc(CC(=O)N2CCC3(CC2)C(=O)NC(=O)N3CC(C)C)on1. The Bertz CT molecular complexity index is 689. The second kappa shape index (κ2) is 6.50. The number of rotatable bonds is 4. The zero-order valence-corrected chi connectivity index (χ0v) is 14.9. The van der Waals surface area contributed by atoms with Gasteiger partial charge in [-0.2, -0.15) is 0 Å². The first-order valence-corrected chi connectivity index (χ1v) is 8.65. The number of nitrogens with one attached hydrogen (secondary N) is 1. The summed E-state index contributed by atoms with van der Waals surface area (Å²) >= 11 is 0. The Hall–Kier alpha value is -2.38. The van der Waals surface area contributed by atoms with Gasteiger partial charge < -0.3 is 14.3 Å². The molecule has 1 spiro atoms. The summed E-state index contributed by atoms with van der Waals surface area (Å²) in [7, 11) is 0. The molecule has 0 radical (unpaired) electrons. The van der Waals surface area contributed by atoms with E-state index in [1.807, 2.05) is 13.8 Å². The van der Waals surface area contributed by atoms with Gasteiger partial charge in [-0.15, -0.1) is 0 Å². The number of nitrogens with zero attached hydrogens (tertiary/aromatic N) is 3. The van der Waals surface area contributed by atoms with Crippen molar-refractivity contribution in [2.24, 2.45) is 5.92 Å². The van der Waals surface area contributed by atoms with E-state index in [2.05, 4.69) is 10.5 Å². The maximum absolute atomic E-state index is 12.4. The Morgan fingerprint density at radius 2 is 2.04 bits per heavy atom. The molecule has 0 aliphatic carbocycles. The van der Waals surface area contributed by atoms with E-state index < -0.39 is 5.54 Å². The summed E-state index contributed by atoms with van der Waals surface area (Å²) in [5.41, 5.74) is -0.0770. The third-order valence-electron chi connectivity index (χ3n) is 4.90. The number of carbonyl (C=O) groups is 3. The molecule has 0 saturated carbocycles. The van der Waals surface area contributed by atoms with Crippen molar-refractivity contribution < 1.29 is 18.9 Å². The number of carbonyl (C=O) groups excluding carboxylic acids is 3. The van der Waals surface area contributed by atoms with Gasteiger partial charge in [0.2, 0.25) is 5.91 Å². The molecule has 0 atom stereocenters. The second-order valence-corrected chi connectivity index (χ2v) is 7.29. The van der Waals surface area contributed by atoms with Crippen molar-refractivity contribution >= 4 is 17.8 Å². The zero-order chi connectivity index (χ0) is 18.2. The monoisotopic (exact) mass is 348 g/mol. The topological polar surface area (TPSA) is 95.8 Å². The lowest BCUT2D eigenvalue weighted by Crippen LogP contribution is -2.58. The lowest BCUT2D eigenvalue weighted by atomic mass is 9.85. The predicted octanol–water partition coefficient (Wildman–Crippen LogP) is 1.09. The number of piperidine rings is 1. The summed E-state index contributed by atoms with van der Waals surface area (Å²) in [6.07, 6.45) is 1.08. The summed E-state index contributed by atoms with van der Waals surface area (Å²) in [6.45, 7) is 7.26. The minimum atomic E-state index is -0.818. The highest BCUT2D eigenvalue weighted by Crippen LogP contribution is 2.34. The summed E-state index contributed by atoms with van der Waals surface area (Å²) in [5.74, 6) is 0.517. The second-order valence-electron chi connectivity index (χ2n) is 7.29. The summed E-state index contributed by atoms with van der Waals surface area (Å²) in [4.78, 5) is 40.4. The highest BCUT2D eigenvalue weighted by molar-refractivity contribution is 6.07. The van der Waals surface area contributed by atoms with Gasteiger partial charge in [-0.3, -0.25) is 14.9 Å². The molecule has 8 heteroatoms. The van der Waals surface area contributed by atoms with Crippen LogP contribution in [0.5, 0.6) is 0 Å². The fourth-order valence-electron chi connectivity index (χ4n) is 3.60. The first-order valence-electron chi connectivity index (χ1n) is 8.65. The molecule has 136 valence electrons. The van der Waals surface area contributed by atoms with Crippen LogP contribution >= 0.6 is 0 Å². The molecular weight excluding hydrogens is 324 g/mol. The first kappa shape index (κ1) is 17.4. The molecule has 2 aliphatic heterocycles. The van der Waals surface area contributed by atoms with E-state index in [-0.39, 0.29) is 30.2 Å². The van der Waals surface area contributed by atoms with Crippen molar-refractivity contribution in [2.75, 3.05) is 19.6 Å². The van der Waals surface area contributed by atoms with Gasteiger partial charge in [-0.1, -0.05) is 19.0 Å². The van der Waals surface area contributed by atoms with E-state index in [1.165, 1.54) is 0 Å². The molecule has 3 heterocycles. The van der Waals surface area contributed by atoms with Crippen molar-refractivity contribution in [3.05, 3.63) is 17.5 Å². The number of aromatic nitrogens is 1. The minimum Gasteiger partial charge on any atom is -0.361 e. The van der Waals surface area contributed by atoms with Gasteiger partial charge in [0.05, 0.1) is 12.1 Å². The number of aryl methyl sites for hydroxylation is 1. The van der Waals surface area contributed by atoms with Gasteiger partial charge in [0, 0.05) is 25.7 Å². The molecule has 8 nitrogen and oxygen atoms in total. The van der Waals surface area contributed by atoms with E-state index >= 15 is 0 Å². The van der Waals surface area contributed by atoms with E-state index in [1.54, 1.807) is 22.8 Å². The number of hydrogen-bond donors (Lipinski definition) is 1. The van der Waals surface area contributed by atoms with Crippen LogP contribution in [-0.2, 0) is 16.0 Å². The van der Waals surface area contributed by atoms with E-state index in [9.17, 15) is 14.4 Å². The van der Waals surface area contributed by atoms with Gasteiger partial charge in [0.25, 0.3) is 5.91 Å². The number of likely N-dealkylation sites (tertiary alicyclic amines) is 1. The summed E-state index contributed by atoms with van der Waals surface area (Å²) in [5, 5.41) is 6.23. The molecular formula is C17H24N4O4. The Kier molecular flexibility index (Phi) is 4.53. The van der Waals surface area contributed by atoms with Crippen LogP contribution in [0, 0.1) is 12.8 Å². The van der Waals surface area contributed by atoms with Crippen LogP contribution < -0.4 is 5.32 Å². The van der Waals surface area contributed by atoms with Gasteiger partial charge in [-0.05, 0) is 25.7 Å². The molecule has 2 aliphatic rings. The third kappa shape index (κ3) is 3.25. The van der Waals surface area contributed by atoms with Gasteiger partial charge in [0.1, 0.15) is 11.3 Å². The fourth-order valence-corrected chi connectivity index (χ4v) is 3.60. The molecule has 2 fully saturated rings. The van der Waals surface area contributed by atoms with Crippen LogP contribution in [0.4, 0.5) is 4.79 Å². The molecule has 0 unspecified atom stereocenters. The summed E-state index contributed by atoms with van der Waals surface area (Å²) in [6, 6.07) is 1.42. The molecule has 0 aromatic carbocycles. The van der Waals surface area contributed by atoms with Crippen LogP contribution in [-0.4, -0.2) is 58.0 Å². The highest BCUT2D eigenvalue weighted by atomic mass is 16.5. The predicted molar refractivity (Wildman–Crippen MR) is 88.6 cm³/mol. The largest absolute Gasteiger partial charge is 0.361 e. The van der Waals surface area contributed by atoms with E-state index in [0.29, 0.717) is 38.2 Å². The Balaban J connectivity index is 1.66. The quantitative estimate of drug-likeness (QED) is 0.822. The number of urea groups is 1. The zero-order valence-electron chi connectivity index (χ0n) is 14.9. The van der Waals surface area contributed by atoms with Crippen LogP contribution in [0.2, 0.25) is 0 Å². The molecule has 3 rings (SSSR count). The van der Waals surface area contributed by atoms with Crippen molar-refractivity contribution in [1.82, 2.24) is 20.3 Å². The number of amides is 4. The van der Waals surface area contributed by atoms with Crippen LogP contribution in [0.15, 0.2) is 10.6 Å². The van der Waals surface area contributed by atoms with E-state index in [0.717, 1.165) is 5.69 Å². The van der Waals surface area contributed by atoms with Crippen molar-refractivity contribution in [1.29, 1.82) is 0 Å². The standard InChI is InChI=1S/C17H24N4O4/c1-11(2)10-21-16(24)18-15(23)17(21)4-6-20(7-5-17)14(22)9-13-8-12(3)19-25-13/h8,11H,4-7,9-10H2,1-3H3,(H,18,23,24). The minimum absolute atomic E-state index is 0.0499. The van der Waals surface area contributed by atoms with Crippen LogP contribution in [0.25, 0.3) is 0 Å². The van der Waals surface area contributed by atoms with Crippen LogP contribution in [0.3, 0.4) is 0 Å². The lowest BCUT2D eigenvalue weighted by Gasteiger charge is -2.42. The fraction of sp³-hybridized carbons (Fsp3) is 0.647. The van der Waals surface area contributed by atoms with Crippen LogP contribution in [0.1, 0.15) is 38.1 Å². The normalized spacial score (nSPS) is 19.8. The molecule has 2 saturated heterocycles. The van der Waals surface area contributed by atoms with Crippen molar-refractivity contribution in [2.45, 2.75) is 45.6 Å². The Morgan fingerprint density at radius 3 is 2.60 bits per heavy atom. The molecule has 1 N–H and O–H groups in total. The third-order valence-corrected chi connectivity index (χ3v) is 4.90. The molecule has 1 aromatic rings. The van der Waals surface area contributed by atoms with Gasteiger partial charge >= 0.3 is 6.03 Å². The van der Waals surface area contributed by atoms with Crippen molar-refractivity contribution in [3.63, 3.8) is 0 Å². The van der Waals surface area contributed by atoms with Crippen molar-refractivity contribution in [3.8, 4) is 0 Å². The van der Waals surface area contributed by atoms with E-state index in [4.69, 9.17) is 4.52 Å². The molecule has 4 amide bonds. The Morgan fingerprint density at radius 1 is 1.36 bits per heavy atom. The number of imide groups is 1. The average molecular weight is 348 g/mol. The molecule has 0 bridgehead atoms. The smallest absolute Gasteiger partial charge is 0.325 e. The Labute approximate surface area is 146 Å². The van der Waals surface area contributed by atoms with Gasteiger partial charge in [0.15, 0.2) is 0 Å². The lowest BCUT2D eigenvalue weighted by molar-refractivity contribution is -0.137. The molecule has 1 aromatic heterocycles.